The lowest BCUT2D eigenvalue weighted by atomic mass is 9.78. The van der Waals surface area contributed by atoms with Gasteiger partial charge in [0.15, 0.2) is 0 Å². The molecule has 14 heavy (non-hydrogen) atoms. The number of aliphatic hydroxyl groups excluding tert-OH is 1. The molecule has 2 rings (SSSR count). The highest BCUT2D eigenvalue weighted by molar-refractivity contribution is 7.10. The molecular formula is C11H17NOS. The molecule has 0 aliphatic heterocycles. The summed E-state index contributed by atoms with van der Waals surface area (Å²) in [4.78, 5) is 1.01. The fourth-order valence-electron chi connectivity index (χ4n) is 2.21. The summed E-state index contributed by atoms with van der Waals surface area (Å²) in [5.41, 5.74) is 5.88. The predicted octanol–water partition coefficient (Wildman–Crippen LogP) is 2.44. The molecule has 0 amide bonds. The normalized spacial score (nSPS) is 23.3. The average Bonchev–Trinajstić information content (AvgIpc) is 2.70. The Labute approximate surface area is 88.8 Å². The van der Waals surface area contributed by atoms with Crippen molar-refractivity contribution in [2.24, 2.45) is 5.73 Å². The molecule has 0 radical (unpaired) electrons. The van der Waals surface area contributed by atoms with E-state index in [1.54, 1.807) is 11.3 Å². The minimum atomic E-state index is -0.470. The number of aliphatic hydroxyl groups is 1. The zero-order valence-corrected chi connectivity index (χ0v) is 9.09. The minimum Gasteiger partial charge on any atom is -0.386 e. The molecule has 1 aromatic rings. The summed E-state index contributed by atoms with van der Waals surface area (Å²) < 4.78 is 0. The Bertz CT molecular complexity index is 277. The van der Waals surface area contributed by atoms with E-state index in [9.17, 15) is 5.11 Å². The van der Waals surface area contributed by atoms with Crippen LogP contribution in [0.25, 0.3) is 0 Å². The maximum absolute atomic E-state index is 10.2. The van der Waals surface area contributed by atoms with Crippen molar-refractivity contribution in [1.29, 1.82) is 0 Å². The number of thiophene rings is 1. The van der Waals surface area contributed by atoms with Gasteiger partial charge in [0, 0.05) is 10.4 Å². The minimum absolute atomic E-state index is 0.372. The molecule has 0 bridgehead atoms. The predicted molar refractivity (Wildman–Crippen MR) is 59.3 cm³/mol. The number of hydrogen-bond donors (Lipinski definition) is 2. The van der Waals surface area contributed by atoms with Crippen LogP contribution in [-0.2, 0) is 0 Å². The Morgan fingerprint density at radius 1 is 1.36 bits per heavy atom. The van der Waals surface area contributed by atoms with E-state index < -0.39 is 6.10 Å². The molecule has 78 valence electrons. The molecule has 0 aromatic carbocycles. The molecule has 1 heterocycles. The second-order valence-electron chi connectivity index (χ2n) is 4.21. The fraction of sp³-hybridized carbons (Fsp3) is 0.636. The monoisotopic (exact) mass is 211 g/mol. The third kappa shape index (κ3) is 1.85. The largest absolute Gasteiger partial charge is 0.386 e. The summed E-state index contributed by atoms with van der Waals surface area (Å²) in [6.07, 6.45) is 4.99. The van der Waals surface area contributed by atoms with Gasteiger partial charge in [-0.1, -0.05) is 25.3 Å². The van der Waals surface area contributed by atoms with Crippen molar-refractivity contribution < 1.29 is 5.11 Å². The Morgan fingerprint density at radius 2 is 2.07 bits per heavy atom. The van der Waals surface area contributed by atoms with Gasteiger partial charge in [-0.25, -0.2) is 0 Å². The number of nitrogens with two attached hydrogens (primary N) is 1. The molecule has 1 fully saturated rings. The van der Waals surface area contributed by atoms with E-state index in [1.165, 1.54) is 6.42 Å². The van der Waals surface area contributed by atoms with Crippen molar-refractivity contribution in [2.75, 3.05) is 0 Å². The summed E-state index contributed by atoms with van der Waals surface area (Å²) in [7, 11) is 0. The maximum atomic E-state index is 10.2. The molecule has 1 atom stereocenters. The van der Waals surface area contributed by atoms with Crippen LogP contribution in [0, 0.1) is 0 Å². The lowest BCUT2D eigenvalue weighted by Crippen LogP contribution is -2.47. The van der Waals surface area contributed by atoms with Crippen LogP contribution in [0.15, 0.2) is 17.5 Å². The summed E-state index contributed by atoms with van der Waals surface area (Å²) in [6, 6.07) is 3.94. The zero-order chi connectivity index (χ0) is 10.0. The van der Waals surface area contributed by atoms with Gasteiger partial charge >= 0.3 is 0 Å². The van der Waals surface area contributed by atoms with E-state index in [4.69, 9.17) is 5.73 Å². The topological polar surface area (TPSA) is 46.2 Å². The Hall–Kier alpha value is -0.380. The zero-order valence-electron chi connectivity index (χ0n) is 8.28. The van der Waals surface area contributed by atoms with Crippen LogP contribution in [0.3, 0.4) is 0 Å². The quantitative estimate of drug-likeness (QED) is 0.789. The lowest BCUT2D eigenvalue weighted by molar-refractivity contribution is 0.0615. The van der Waals surface area contributed by atoms with Crippen molar-refractivity contribution >= 4 is 11.3 Å². The van der Waals surface area contributed by atoms with E-state index in [2.05, 4.69) is 0 Å². The van der Waals surface area contributed by atoms with Crippen LogP contribution in [0.1, 0.15) is 43.1 Å². The molecule has 3 N–H and O–H groups in total. The third-order valence-electron chi connectivity index (χ3n) is 3.14. The smallest absolute Gasteiger partial charge is 0.106 e. The summed E-state index contributed by atoms with van der Waals surface area (Å²) in [5, 5.41) is 12.2. The van der Waals surface area contributed by atoms with Crippen LogP contribution in [0.2, 0.25) is 0 Å². The summed E-state index contributed by atoms with van der Waals surface area (Å²) >= 11 is 1.59. The van der Waals surface area contributed by atoms with E-state index in [0.717, 1.165) is 30.6 Å². The van der Waals surface area contributed by atoms with Crippen molar-refractivity contribution in [3.8, 4) is 0 Å². The first-order valence-corrected chi connectivity index (χ1v) is 6.11. The van der Waals surface area contributed by atoms with Gasteiger partial charge in [-0.2, -0.15) is 0 Å². The van der Waals surface area contributed by atoms with Crippen LogP contribution in [-0.4, -0.2) is 10.6 Å². The van der Waals surface area contributed by atoms with E-state index >= 15 is 0 Å². The van der Waals surface area contributed by atoms with Crippen LogP contribution in [0.5, 0.6) is 0 Å². The molecule has 0 spiro atoms. The second kappa shape index (κ2) is 4.01. The van der Waals surface area contributed by atoms with Crippen molar-refractivity contribution in [2.45, 2.75) is 43.7 Å². The van der Waals surface area contributed by atoms with Gasteiger partial charge in [-0.05, 0) is 24.3 Å². The molecule has 1 aliphatic rings. The van der Waals surface area contributed by atoms with Gasteiger partial charge < -0.3 is 10.8 Å². The van der Waals surface area contributed by atoms with Crippen LogP contribution < -0.4 is 5.73 Å². The summed E-state index contributed by atoms with van der Waals surface area (Å²) in [6.45, 7) is 0. The van der Waals surface area contributed by atoms with E-state index in [1.807, 2.05) is 17.5 Å². The van der Waals surface area contributed by atoms with Crippen molar-refractivity contribution in [1.82, 2.24) is 0 Å². The van der Waals surface area contributed by atoms with Gasteiger partial charge in [0.1, 0.15) is 6.10 Å². The molecular weight excluding hydrogens is 194 g/mol. The van der Waals surface area contributed by atoms with E-state index in [0.29, 0.717) is 0 Å². The van der Waals surface area contributed by atoms with Gasteiger partial charge in [0.05, 0.1) is 0 Å². The fourth-order valence-corrected chi connectivity index (χ4v) is 3.05. The van der Waals surface area contributed by atoms with E-state index in [-0.39, 0.29) is 5.54 Å². The SMILES string of the molecule is NC1(C(O)c2cccs2)CCCCC1. The molecule has 0 saturated heterocycles. The highest BCUT2D eigenvalue weighted by atomic mass is 32.1. The molecule has 1 aliphatic carbocycles. The van der Waals surface area contributed by atoms with Crippen LogP contribution in [0.4, 0.5) is 0 Å². The van der Waals surface area contributed by atoms with Crippen LogP contribution >= 0.6 is 11.3 Å². The molecule has 2 nitrogen and oxygen atoms in total. The third-order valence-corrected chi connectivity index (χ3v) is 4.07. The first-order valence-electron chi connectivity index (χ1n) is 5.23. The Morgan fingerprint density at radius 3 is 2.64 bits per heavy atom. The van der Waals surface area contributed by atoms with Gasteiger partial charge in [-0.15, -0.1) is 11.3 Å². The highest BCUT2D eigenvalue weighted by Crippen LogP contribution is 2.37. The Balaban J connectivity index is 2.13. The molecule has 1 unspecified atom stereocenters. The van der Waals surface area contributed by atoms with Crippen molar-refractivity contribution in [3.05, 3.63) is 22.4 Å². The first kappa shape index (κ1) is 10.1. The van der Waals surface area contributed by atoms with Gasteiger partial charge in [0.25, 0.3) is 0 Å². The first-order chi connectivity index (χ1) is 6.72. The van der Waals surface area contributed by atoms with Crippen molar-refractivity contribution in [3.63, 3.8) is 0 Å². The van der Waals surface area contributed by atoms with Gasteiger partial charge in [0.2, 0.25) is 0 Å². The average molecular weight is 211 g/mol. The summed E-state index contributed by atoms with van der Waals surface area (Å²) in [5.74, 6) is 0. The lowest BCUT2D eigenvalue weighted by Gasteiger charge is -2.37. The molecule has 1 aromatic heterocycles. The second-order valence-corrected chi connectivity index (χ2v) is 5.19. The number of hydrogen-bond acceptors (Lipinski definition) is 3. The molecule has 3 heteroatoms. The highest BCUT2D eigenvalue weighted by Gasteiger charge is 2.36. The molecule has 1 saturated carbocycles. The Kier molecular flexibility index (Phi) is 2.91. The maximum Gasteiger partial charge on any atom is 0.106 e. The number of rotatable bonds is 2. The van der Waals surface area contributed by atoms with Gasteiger partial charge in [-0.3, -0.25) is 0 Å². The standard InChI is InChI=1S/C11H17NOS/c12-11(6-2-1-3-7-11)10(13)9-5-4-8-14-9/h4-5,8,10,13H,1-3,6-7,12H2.